The molecular weight excluding hydrogens is 292 g/mol. The number of amidine groups is 1. The van der Waals surface area contributed by atoms with E-state index in [9.17, 15) is 22.7 Å². The normalized spacial score (nSPS) is 40.6. The van der Waals surface area contributed by atoms with Crippen molar-refractivity contribution < 1.29 is 32.5 Å². The zero-order valence-electron chi connectivity index (χ0n) is 9.63. The van der Waals surface area contributed by atoms with Gasteiger partial charge in [-0.3, -0.25) is 4.99 Å². The molecule has 0 aromatic carbocycles. The minimum absolute atomic E-state index is 0.312. The van der Waals surface area contributed by atoms with Gasteiger partial charge in [0, 0.05) is 7.05 Å². The SMILES string of the molecule is CNC1=N[C@@H]2[C@@H](F)[C@@H](O)[C@@H]([C@H](O)C(F)(F)F)O[C@@H]2S1. The molecule has 0 aliphatic carbocycles. The average molecular weight is 304 g/mol. The molecule has 0 amide bonds. The second-order valence-electron chi connectivity index (χ2n) is 4.18. The summed E-state index contributed by atoms with van der Waals surface area (Å²) < 4.78 is 56.1. The Balaban J connectivity index is 2.16. The Hall–Kier alpha value is -0.580. The maximum absolute atomic E-state index is 13.9. The number of aliphatic hydroxyl groups is 2. The average Bonchev–Trinajstić information content (AvgIpc) is 2.75. The van der Waals surface area contributed by atoms with Gasteiger partial charge in [0.25, 0.3) is 0 Å². The Bertz CT molecular complexity index is 381. The monoisotopic (exact) mass is 304 g/mol. The van der Waals surface area contributed by atoms with Crippen LogP contribution in [0.15, 0.2) is 4.99 Å². The fourth-order valence-electron chi connectivity index (χ4n) is 1.93. The first-order valence-electron chi connectivity index (χ1n) is 5.40. The molecule has 2 heterocycles. The van der Waals surface area contributed by atoms with Crippen molar-refractivity contribution in [2.75, 3.05) is 7.05 Å². The highest BCUT2D eigenvalue weighted by molar-refractivity contribution is 8.14. The molecule has 6 atom stereocenters. The molecule has 0 radical (unpaired) electrons. The molecule has 1 saturated heterocycles. The minimum Gasteiger partial charge on any atom is -0.387 e. The lowest BCUT2D eigenvalue weighted by Gasteiger charge is -2.39. The van der Waals surface area contributed by atoms with Crippen LogP contribution in [-0.4, -0.2) is 64.6 Å². The third-order valence-corrected chi connectivity index (χ3v) is 4.07. The van der Waals surface area contributed by atoms with E-state index in [0.29, 0.717) is 5.17 Å². The molecule has 0 saturated carbocycles. The maximum atomic E-state index is 13.9. The van der Waals surface area contributed by atoms with Gasteiger partial charge in [-0.15, -0.1) is 0 Å². The van der Waals surface area contributed by atoms with E-state index in [1.165, 1.54) is 7.05 Å². The topological polar surface area (TPSA) is 74.1 Å². The number of nitrogens with one attached hydrogen (secondary N) is 1. The van der Waals surface area contributed by atoms with Gasteiger partial charge < -0.3 is 20.3 Å². The molecule has 1 fully saturated rings. The summed E-state index contributed by atoms with van der Waals surface area (Å²) in [5, 5.41) is 21.6. The molecule has 5 nitrogen and oxygen atoms in total. The van der Waals surface area contributed by atoms with Crippen molar-refractivity contribution in [1.82, 2.24) is 5.32 Å². The van der Waals surface area contributed by atoms with Crippen LogP contribution in [0.1, 0.15) is 0 Å². The second kappa shape index (κ2) is 5.08. The number of rotatable bonds is 1. The van der Waals surface area contributed by atoms with E-state index in [0.717, 1.165) is 11.8 Å². The van der Waals surface area contributed by atoms with E-state index in [4.69, 9.17) is 9.84 Å². The molecule has 2 aliphatic heterocycles. The van der Waals surface area contributed by atoms with E-state index >= 15 is 0 Å². The number of aliphatic imine (C=N–C) groups is 1. The van der Waals surface area contributed by atoms with E-state index in [1.807, 2.05) is 0 Å². The highest BCUT2D eigenvalue weighted by atomic mass is 32.2. The van der Waals surface area contributed by atoms with E-state index in [-0.39, 0.29) is 0 Å². The van der Waals surface area contributed by atoms with Gasteiger partial charge in [0.05, 0.1) is 0 Å². The fraction of sp³-hybridized carbons (Fsp3) is 0.889. The number of halogens is 4. The Morgan fingerprint density at radius 2 is 2.11 bits per heavy atom. The van der Waals surface area contributed by atoms with Crippen molar-refractivity contribution in [2.24, 2.45) is 4.99 Å². The summed E-state index contributed by atoms with van der Waals surface area (Å²) in [6.45, 7) is 0. The summed E-state index contributed by atoms with van der Waals surface area (Å²) in [5.41, 5.74) is -0.997. The van der Waals surface area contributed by atoms with Gasteiger partial charge in [-0.25, -0.2) is 4.39 Å². The quantitative estimate of drug-likeness (QED) is 0.596. The highest BCUT2D eigenvalue weighted by Crippen LogP contribution is 2.40. The van der Waals surface area contributed by atoms with Crippen molar-refractivity contribution in [2.45, 2.75) is 42.1 Å². The molecular formula is C9H12F4N2O3S. The molecule has 0 aromatic heterocycles. The van der Waals surface area contributed by atoms with Crippen molar-refractivity contribution in [3.8, 4) is 0 Å². The van der Waals surface area contributed by atoms with E-state index < -0.39 is 42.1 Å². The maximum Gasteiger partial charge on any atom is 0.417 e. The van der Waals surface area contributed by atoms with Crippen molar-refractivity contribution in [3.05, 3.63) is 0 Å². The van der Waals surface area contributed by atoms with Crippen LogP contribution in [0.2, 0.25) is 0 Å². The van der Waals surface area contributed by atoms with Crippen LogP contribution in [0.25, 0.3) is 0 Å². The van der Waals surface area contributed by atoms with Gasteiger partial charge in [-0.05, 0) is 0 Å². The van der Waals surface area contributed by atoms with Crippen LogP contribution in [0.5, 0.6) is 0 Å². The largest absolute Gasteiger partial charge is 0.417 e. The van der Waals surface area contributed by atoms with Gasteiger partial charge in [0.15, 0.2) is 17.4 Å². The Labute approximate surface area is 110 Å². The predicted octanol–water partition coefficient (Wildman–Crippen LogP) is 0.0243. The number of nitrogens with zero attached hydrogens (tertiary/aromatic N) is 1. The lowest BCUT2D eigenvalue weighted by atomic mass is 9.96. The number of ether oxygens (including phenoxy) is 1. The summed E-state index contributed by atoms with van der Waals surface area (Å²) in [6.07, 6.45) is -14.1. The predicted molar refractivity (Wildman–Crippen MR) is 59.5 cm³/mol. The fourth-order valence-corrected chi connectivity index (χ4v) is 2.98. The van der Waals surface area contributed by atoms with Gasteiger partial charge in [-0.1, -0.05) is 11.8 Å². The molecule has 0 spiro atoms. The molecule has 2 aliphatic rings. The standard InChI is InChI=1S/C9H12F4N2O3S/c1-14-8-15-3-2(10)4(16)5(18-7(3)19-8)6(17)9(11,12)13/h2-7,16-17H,1H3,(H,14,15)/t2-,3-,4-,5+,6+,7-/m1/s1. The van der Waals surface area contributed by atoms with Crippen LogP contribution in [0, 0.1) is 0 Å². The molecule has 110 valence electrons. The minimum atomic E-state index is -4.99. The first-order chi connectivity index (χ1) is 8.75. The van der Waals surface area contributed by atoms with Gasteiger partial charge in [0.2, 0.25) is 0 Å². The smallest absolute Gasteiger partial charge is 0.387 e. The third-order valence-electron chi connectivity index (χ3n) is 2.91. The number of hydrogen-bond acceptors (Lipinski definition) is 6. The van der Waals surface area contributed by atoms with Gasteiger partial charge in [-0.2, -0.15) is 13.2 Å². The Morgan fingerprint density at radius 1 is 1.47 bits per heavy atom. The molecule has 0 bridgehead atoms. The summed E-state index contributed by atoms with van der Waals surface area (Å²) in [5.74, 6) is 0. The zero-order chi connectivity index (χ0) is 14.4. The number of fused-ring (bicyclic) bond motifs is 1. The van der Waals surface area contributed by atoms with Crippen molar-refractivity contribution in [3.63, 3.8) is 0 Å². The first kappa shape index (κ1) is 14.8. The Morgan fingerprint density at radius 3 is 2.63 bits per heavy atom. The van der Waals surface area contributed by atoms with Crippen LogP contribution < -0.4 is 5.32 Å². The van der Waals surface area contributed by atoms with Crippen LogP contribution >= 0.6 is 11.8 Å². The highest BCUT2D eigenvalue weighted by Gasteiger charge is 2.56. The van der Waals surface area contributed by atoms with E-state index in [2.05, 4.69) is 10.3 Å². The molecule has 2 rings (SSSR count). The van der Waals surface area contributed by atoms with E-state index in [1.54, 1.807) is 0 Å². The van der Waals surface area contributed by atoms with Crippen LogP contribution in [0.4, 0.5) is 17.6 Å². The first-order valence-corrected chi connectivity index (χ1v) is 6.28. The molecule has 19 heavy (non-hydrogen) atoms. The van der Waals surface area contributed by atoms with Crippen molar-refractivity contribution in [1.29, 1.82) is 0 Å². The second-order valence-corrected chi connectivity index (χ2v) is 5.27. The summed E-state index contributed by atoms with van der Waals surface area (Å²) >= 11 is 0.919. The summed E-state index contributed by atoms with van der Waals surface area (Å²) in [6, 6.07) is -1.08. The Kier molecular flexibility index (Phi) is 3.96. The summed E-state index contributed by atoms with van der Waals surface area (Å²) in [4.78, 5) is 3.86. The van der Waals surface area contributed by atoms with Gasteiger partial charge >= 0.3 is 6.18 Å². The number of hydrogen-bond donors (Lipinski definition) is 3. The third kappa shape index (κ3) is 2.67. The summed E-state index contributed by atoms with van der Waals surface area (Å²) in [7, 11) is 1.52. The lowest BCUT2D eigenvalue weighted by molar-refractivity contribution is -0.267. The molecule has 10 heteroatoms. The number of thioether (sulfide) groups is 1. The lowest BCUT2D eigenvalue weighted by Crippen LogP contribution is -2.59. The van der Waals surface area contributed by atoms with Crippen LogP contribution in [0.3, 0.4) is 0 Å². The van der Waals surface area contributed by atoms with Crippen molar-refractivity contribution >= 4 is 16.9 Å². The van der Waals surface area contributed by atoms with Crippen LogP contribution in [-0.2, 0) is 4.74 Å². The molecule has 3 N–H and O–H groups in total. The number of aliphatic hydroxyl groups excluding tert-OH is 2. The molecule has 0 unspecified atom stereocenters. The molecule has 0 aromatic rings. The zero-order valence-corrected chi connectivity index (χ0v) is 10.5. The van der Waals surface area contributed by atoms with Gasteiger partial charge in [0.1, 0.15) is 23.7 Å². The number of alkyl halides is 4.